The summed E-state index contributed by atoms with van der Waals surface area (Å²) in [4.78, 5) is 10.5. The number of halogens is 1. The van der Waals surface area contributed by atoms with Crippen LogP contribution in [0, 0.1) is 35.3 Å². The fourth-order valence-electron chi connectivity index (χ4n) is 1.98. The molecule has 6 heteroatoms. The number of ether oxygens (including phenoxy) is 1. The highest BCUT2D eigenvalue weighted by atomic mass is 79.9. The summed E-state index contributed by atoms with van der Waals surface area (Å²) in [6, 6.07) is 9.79. The van der Waals surface area contributed by atoms with Gasteiger partial charge in [-0.15, -0.1) is 0 Å². The molecule has 0 heterocycles. The van der Waals surface area contributed by atoms with Crippen molar-refractivity contribution in [2.24, 2.45) is 0 Å². The van der Waals surface area contributed by atoms with Crippen molar-refractivity contribution in [3.8, 4) is 17.6 Å². The Bertz CT molecular complexity index is 743. The first kappa shape index (κ1) is 15.0. The number of rotatable bonds is 3. The molecule has 2 aromatic rings. The third-order valence-corrected chi connectivity index (χ3v) is 4.19. The minimum atomic E-state index is -0.605. The molecule has 0 aliphatic heterocycles. The van der Waals surface area contributed by atoms with Crippen LogP contribution in [0.4, 0.5) is 5.69 Å². The number of para-hydroxylation sites is 1. The Morgan fingerprint density at radius 1 is 1.29 bits per heavy atom. The second kappa shape index (κ2) is 5.94. The highest BCUT2D eigenvalue weighted by molar-refractivity contribution is 9.10. The largest absolute Gasteiger partial charge is 0.450 e. The van der Waals surface area contributed by atoms with Crippen molar-refractivity contribution in [2.45, 2.75) is 13.8 Å². The SMILES string of the molecule is Cc1cc(Oc2cccc(C#N)c2[N+](=O)[O-])cc(C)c1Br. The Labute approximate surface area is 130 Å². The van der Waals surface area contributed by atoms with E-state index in [9.17, 15) is 10.1 Å². The monoisotopic (exact) mass is 346 g/mol. The fourth-order valence-corrected chi connectivity index (χ4v) is 2.20. The number of hydrogen-bond acceptors (Lipinski definition) is 4. The van der Waals surface area contributed by atoms with Gasteiger partial charge in [0.1, 0.15) is 17.4 Å². The molecule has 0 aliphatic carbocycles. The van der Waals surface area contributed by atoms with Gasteiger partial charge in [0.05, 0.1) is 4.92 Å². The lowest BCUT2D eigenvalue weighted by molar-refractivity contribution is -0.385. The van der Waals surface area contributed by atoms with Crippen molar-refractivity contribution in [2.75, 3.05) is 0 Å². The summed E-state index contributed by atoms with van der Waals surface area (Å²) >= 11 is 3.45. The van der Waals surface area contributed by atoms with Crippen LogP contribution < -0.4 is 4.74 Å². The zero-order valence-corrected chi connectivity index (χ0v) is 13.0. The standard InChI is InChI=1S/C15H11BrN2O3/c1-9-6-12(7-10(2)14(9)16)21-13-5-3-4-11(8-17)15(13)18(19)20/h3-7H,1-2H3. The van der Waals surface area contributed by atoms with Crippen LogP contribution in [0.2, 0.25) is 0 Å². The number of hydrogen-bond donors (Lipinski definition) is 0. The van der Waals surface area contributed by atoms with E-state index >= 15 is 0 Å². The second-order valence-corrected chi connectivity index (χ2v) is 5.29. The van der Waals surface area contributed by atoms with E-state index in [0.29, 0.717) is 5.75 Å². The average molecular weight is 347 g/mol. The molecule has 2 rings (SSSR count). The van der Waals surface area contributed by atoms with Crippen LogP contribution in [0.15, 0.2) is 34.8 Å². The summed E-state index contributed by atoms with van der Waals surface area (Å²) < 4.78 is 6.58. The molecule has 21 heavy (non-hydrogen) atoms. The van der Waals surface area contributed by atoms with Crippen LogP contribution in [0.25, 0.3) is 0 Å². The number of aryl methyl sites for hydroxylation is 2. The lowest BCUT2D eigenvalue weighted by Gasteiger charge is -2.10. The van der Waals surface area contributed by atoms with Crippen LogP contribution in [-0.4, -0.2) is 4.92 Å². The van der Waals surface area contributed by atoms with Crippen LogP contribution >= 0.6 is 15.9 Å². The van der Waals surface area contributed by atoms with Gasteiger partial charge in [-0.3, -0.25) is 10.1 Å². The molecule has 2 aromatic carbocycles. The summed E-state index contributed by atoms with van der Waals surface area (Å²) in [5.74, 6) is 0.548. The van der Waals surface area contributed by atoms with Crippen molar-refractivity contribution >= 4 is 21.6 Å². The molecule has 0 radical (unpaired) electrons. The topological polar surface area (TPSA) is 76.2 Å². The maximum Gasteiger partial charge on any atom is 0.329 e. The Balaban J connectivity index is 2.50. The molecule has 0 N–H and O–H groups in total. The molecule has 0 atom stereocenters. The normalized spacial score (nSPS) is 10.0. The molecule has 0 aromatic heterocycles. The van der Waals surface area contributed by atoms with Crippen LogP contribution in [0.5, 0.6) is 11.5 Å². The van der Waals surface area contributed by atoms with Crippen LogP contribution in [0.3, 0.4) is 0 Å². The van der Waals surface area contributed by atoms with E-state index in [0.717, 1.165) is 15.6 Å². The molecule has 0 bridgehead atoms. The van der Waals surface area contributed by atoms with E-state index in [4.69, 9.17) is 10.00 Å². The van der Waals surface area contributed by atoms with E-state index in [2.05, 4.69) is 15.9 Å². The zero-order valence-electron chi connectivity index (χ0n) is 11.4. The van der Waals surface area contributed by atoms with Gasteiger partial charge < -0.3 is 4.74 Å². The van der Waals surface area contributed by atoms with Crippen molar-refractivity contribution in [1.82, 2.24) is 0 Å². The number of nitriles is 1. The number of benzene rings is 2. The van der Waals surface area contributed by atoms with Gasteiger partial charge >= 0.3 is 5.69 Å². The summed E-state index contributed by atoms with van der Waals surface area (Å²) in [7, 11) is 0. The number of nitro benzene ring substituents is 1. The third-order valence-electron chi connectivity index (χ3n) is 2.94. The first-order valence-corrected chi connectivity index (χ1v) is 6.85. The van der Waals surface area contributed by atoms with Crippen molar-refractivity contribution in [3.63, 3.8) is 0 Å². The molecule has 0 aliphatic rings. The Morgan fingerprint density at radius 2 is 1.90 bits per heavy atom. The first-order chi connectivity index (χ1) is 9.93. The van der Waals surface area contributed by atoms with Gasteiger partial charge in [0.2, 0.25) is 5.75 Å². The van der Waals surface area contributed by atoms with Gasteiger partial charge in [-0.2, -0.15) is 5.26 Å². The van der Waals surface area contributed by atoms with Gasteiger partial charge in [0, 0.05) is 4.47 Å². The van der Waals surface area contributed by atoms with Crippen LogP contribution in [-0.2, 0) is 0 Å². The molecule has 0 fully saturated rings. The summed E-state index contributed by atoms with van der Waals surface area (Å²) in [5, 5.41) is 20.1. The molecule has 0 saturated carbocycles. The van der Waals surface area contributed by atoms with Crippen molar-refractivity contribution in [3.05, 3.63) is 61.6 Å². The molecule has 0 amide bonds. The van der Waals surface area contributed by atoms with E-state index < -0.39 is 4.92 Å². The maximum absolute atomic E-state index is 11.1. The lowest BCUT2D eigenvalue weighted by atomic mass is 10.1. The minimum absolute atomic E-state index is 0.0249. The Morgan fingerprint density at radius 3 is 2.43 bits per heavy atom. The summed E-state index contributed by atoms with van der Waals surface area (Å²) in [6.45, 7) is 3.81. The Hall–Kier alpha value is -2.39. The maximum atomic E-state index is 11.1. The van der Waals surface area contributed by atoms with Gasteiger partial charge in [0.25, 0.3) is 0 Å². The quantitative estimate of drug-likeness (QED) is 0.599. The highest BCUT2D eigenvalue weighted by Gasteiger charge is 2.21. The van der Waals surface area contributed by atoms with Gasteiger partial charge in [-0.05, 0) is 49.2 Å². The summed E-state index contributed by atoms with van der Waals surface area (Å²) in [6.07, 6.45) is 0. The van der Waals surface area contributed by atoms with Crippen LogP contribution in [0.1, 0.15) is 16.7 Å². The number of nitro groups is 1. The lowest BCUT2D eigenvalue weighted by Crippen LogP contribution is -1.97. The fraction of sp³-hybridized carbons (Fsp3) is 0.133. The van der Waals surface area contributed by atoms with Gasteiger partial charge in [0.15, 0.2) is 0 Å². The smallest absolute Gasteiger partial charge is 0.329 e. The van der Waals surface area contributed by atoms with E-state index in [1.54, 1.807) is 24.3 Å². The van der Waals surface area contributed by atoms with Crippen molar-refractivity contribution in [1.29, 1.82) is 5.26 Å². The molecule has 0 saturated heterocycles. The number of nitrogens with zero attached hydrogens (tertiary/aromatic N) is 2. The minimum Gasteiger partial charge on any atom is -0.450 e. The van der Waals surface area contributed by atoms with Crippen molar-refractivity contribution < 1.29 is 9.66 Å². The van der Waals surface area contributed by atoms with Gasteiger partial charge in [-0.25, -0.2) is 0 Å². The summed E-state index contributed by atoms with van der Waals surface area (Å²) in [5.41, 5.74) is 1.58. The highest BCUT2D eigenvalue weighted by Crippen LogP contribution is 2.35. The van der Waals surface area contributed by atoms with E-state index in [-0.39, 0.29) is 17.0 Å². The Kier molecular flexibility index (Phi) is 4.24. The van der Waals surface area contributed by atoms with E-state index in [1.165, 1.54) is 12.1 Å². The van der Waals surface area contributed by atoms with Gasteiger partial charge in [-0.1, -0.05) is 22.0 Å². The zero-order chi connectivity index (χ0) is 15.6. The molecular weight excluding hydrogens is 336 g/mol. The van der Waals surface area contributed by atoms with E-state index in [1.807, 2.05) is 13.8 Å². The molecule has 106 valence electrons. The molecule has 0 spiro atoms. The predicted octanol–water partition coefficient (Wildman–Crippen LogP) is 4.64. The first-order valence-electron chi connectivity index (χ1n) is 6.06. The average Bonchev–Trinajstić information content (AvgIpc) is 2.44. The predicted molar refractivity (Wildman–Crippen MR) is 81.5 cm³/mol. The molecule has 5 nitrogen and oxygen atoms in total. The third kappa shape index (κ3) is 3.03. The second-order valence-electron chi connectivity index (χ2n) is 4.49. The molecular formula is C15H11BrN2O3. The molecule has 0 unspecified atom stereocenters.